The number of amides is 1. The van der Waals surface area contributed by atoms with Crippen LogP contribution >= 0.6 is 0 Å². The minimum atomic E-state index is -0.344. The number of rotatable bonds is 19. The van der Waals surface area contributed by atoms with Crippen LogP contribution in [0.25, 0.3) is 11.1 Å². The molecular weight excluding hydrogens is 470 g/mol. The molecule has 37 heavy (non-hydrogen) atoms. The Balaban J connectivity index is 1.18. The van der Waals surface area contributed by atoms with E-state index < -0.39 is 0 Å². The molecule has 7 heteroatoms. The highest BCUT2D eigenvalue weighted by molar-refractivity contribution is 5.79. The lowest BCUT2D eigenvalue weighted by atomic mass is 9.98. The summed E-state index contributed by atoms with van der Waals surface area (Å²) in [6.45, 7) is 7.48. The normalized spacial score (nSPS) is 12.4. The first-order chi connectivity index (χ1) is 18.2. The topological polar surface area (TPSA) is 66.5 Å². The number of nitrogens with zero attached hydrogens (tertiary/aromatic N) is 1. The van der Waals surface area contributed by atoms with E-state index in [1.54, 1.807) is 11.9 Å². The summed E-state index contributed by atoms with van der Waals surface area (Å²) in [6.07, 6.45) is 4.53. The number of hydrogen-bond acceptors (Lipinski definition) is 6. The Morgan fingerprint density at radius 2 is 1.22 bits per heavy atom. The largest absolute Gasteiger partial charge is 0.448 e. The maximum absolute atomic E-state index is 12.5. The lowest BCUT2D eigenvalue weighted by Crippen LogP contribution is -2.32. The van der Waals surface area contributed by atoms with Gasteiger partial charge in [0.05, 0.1) is 46.2 Å². The molecule has 0 N–H and O–H groups in total. The number of hydrogen-bond donors (Lipinski definition) is 0. The van der Waals surface area contributed by atoms with Crippen LogP contribution in [0.4, 0.5) is 4.79 Å². The Morgan fingerprint density at radius 3 is 1.78 bits per heavy atom. The molecular formula is C30H43NO6. The molecule has 0 saturated heterocycles. The van der Waals surface area contributed by atoms with E-state index in [0.29, 0.717) is 59.4 Å². The zero-order valence-corrected chi connectivity index (χ0v) is 22.5. The van der Waals surface area contributed by atoms with Gasteiger partial charge in [-0.15, -0.1) is 0 Å². The van der Waals surface area contributed by atoms with Crippen molar-refractivity contribution in [1.82, 2.24) is 4.90 Å². The number of carbonyl (C=O) groups excluding carboxylic acids is 1. The quantitative estimate of drug-likeness (QED) is 0.231. The molecule has 0 heterocycles. The van der Waals surface area contributed by atoms with Gasteiger partial charge in [-0.2, -0.15) is 0 Å². The van der Waals surface area contributed by atoms with Crippen LogP contribution in [0.2, 0.25) is 0 Å². The molecule has 1 aliphatic carbocycles. The summed E-state index contributed by atoms with van der Waals surface area (Å²) in [5.74, 6) is 0.0604. The van der Waals surface area contributed by atoms with Crippen molar-refractivity contribution in [2.24, 2.45) is 0 Å². The predicted molar refractivity (Wildman–Crippen MR) is 145 cm³/mol. The van der Waals surface area contributed by atoms with Gasteiger partial charge in [0.1, 0.15) is 6.61 Å². The molecule has 0 spiro atoms. The van der Waals surface area contributed by atoms with Crippen molar-refractivity contribution >= 4 is 6.09 Å². The lowest BCUT2D eigenvalue weighted by molar-refractivity contribution is -0.00376. The number of unbranched alkanes of at least 4 members (excludes halogenated alkanes) is 3. The second-order valence-electron chi connectivity index (χ2n) is 9.24. The van der Waals surface area contributed by atoms with Gasteiger partial charge in [0.25, 0.3) is 0 Å². The first-order valence-corrected chi connectivity index (χ1v) is 13.6. The number of likely N-dealkylation sites (N-methyl/N-ethyl adjacent to an activating group) is 1. The minimum absolute atomic E-state index is 0.0604. The number of fused-ring (bicyclic) bond motifs is 3. The Labute approximate surface area is 222 Å². The number of benzene rings is 2. The fraction of sp³-hybridized carbons (Fsp3) is 0.567. The molecule has 0 radical (unpaired) electrons. The zero-order valence-electron chi connectivity index (χ0n) is 22.5. The monoisotopic (exact) mass is 513 g/mol. The molecule has 0 atom stereocenters. The van der Waals surface area contributed by atoms with E-state index in [4.69, 9.17) is 23.7 Å². The van der Waals surface area contributed by atoms with Gasteiger partial charge < -0.3 is 28.6 Å². The highest BCUT2D eigenvalue weighted by atomic mass is 16.6. The maximum atomic E-state index is 12.5. The van der Waals surface area contributed by atoms with Crippen LogP contribution in [0.5, 0.6) is 0 Å². The Bertz CT molecular complexity index is 875. The standard InChI is InChI=1S/C30H43NO6/c1-3-4-5-10-16-33-18-20-35-22-23-36-21-19-34-17-15-31(2)30(32)37-24-29-27-13-8-6-11-25(27)26-12-7-9-14-28(26)29/h6-9,11-14,29H,3-5,10,15-24H2,1-2H3. The van der Waals surface area contributed by atoms with Crippen molar-refractivity contribution in [3.8, 4) is 11.1 Å². The molecule has 0 aromatic heterocycles. The Kier molecular flexibility index (Phi) is 13.5. The molecule has 0 bridgehead atoms. The highest BCUT2D eigenvalue weighted by Gasteiger charge is 2.29. The van der Waals surface area contributed by atoms with Gasteiger partial charge in [-0.05, 0) is 28.7 Å². The summed E-state index contributed by atoms with van der Waals surface area (Å²) in [5.41, 5.74) is 4.85. The Hall–Kier alpha value is -2.45. The molecule has 0 aliphatic heterocycles. The van der Waals surface area contributed by atoms with Crippen molar-refractivity contribution in [1.29, 1.82) is 0 Å². The van der Waals surface area contributed by atoms with Gasteiger partial charge in [-0.25, -0.2) is 4.79 Å². The van der Waals surface area contributed by atoms with E-state index in [2.05, 4.69) is 31.2 Å². The van der Waals surface area contributed by atoms with Gasteiger partial charge in [0.2, 0.25) is 0 Å². The summed E-state index contributed by atoms with van der Waals surface area (Å²) < 4.78 is 27.8. The van der Waals surface area contributed by atoms with Crippen molar-refractivity contribution in [2.75, 3.05) is 73.1 Å². The molecule has 1 amide bonds. The van der Waals surface area contributed by atoms with Crippen molar-refractivity contribution in [2.45, 2.75) is 38.5 Å². The average molecular weight is 514 g/mol. The zero-order chi connectivity index (χ0) is 26.1. The third kappa shape index (κ3) is 9.74. The molecule has 0 unspecified atom stereocenters. The van der Waals surface area contributed by atoms with Gasteiger partial charge >= 0.3 is 6.09 Å². The highest BCUT2D eigenvalue weighted by Crippen LogP contribution is 2.44. The van der Waals surface area contributed by atoms with Gasteiger partial charge in [-0.1, -0.05) is 74.7 Å². The molecule has 3 rings (SSSR count). The Morgan fingerprint density at radius 1 is 0.703 bits per heavy atom. The maximum Gasteiger partial charge on any atom is 0.409 e. The summed E-state index contributed by atoms with van der Waals surface area (Å²) >= 11 is 0. The molecule has 0 fully saturated rings. The van der Waals surface area contributed by atoms with E-state index in [-0.39, 0.29) is 12.0 Å². The van der Waals surface area contributed by atoms with Crippen LogP contribution in [0.15, 0.2) is 48.5 Å². The van der Waals surface area contributed by atoms with Crippen LogP contribution in [-0.2, 0) is 23.7 Å². The molecule has 2 aromatic rings. The van der Waals surface area contributed by atoms with E-state index in [9.17, 15) is 4.79 Å². The van der Waals surface area contributed by atoms with E-state index in [1.807, 2.05) is 24.3 Å². The third-order valence-corrected chi connectivity index (χ3v) is 6.48. The molecule has 204 valence electrons. The van der Waals surface area contributed by atoms with E-state index in [1.165, 1.54) is 41.5 Å². The molecule has 0 saturated carbocycles. The average Bonchev–Trinajstić information content (AvgIpc) is 3.25. The molecule has 2 aromatic carbocycles. The fourth-order valence-electron chi connectivity index (χ4n) is 4.39. The first-order valence-electron chi connectivity index (χ1n) is 13.6. The van der Waals surface area contributed by atoms with Crippen LogP contribution in [-0.4, -0.2) is 84.0 Å². The smallest absolute Gasteiger partial charge is 0.409 e. The number of carbonyl (C=O) groups is 1. The summed E-state index contributed by atoms with van der Waals surface area (Å²) in [5, 5.41) is 0. The third-order valence-electron chi connectivity index (χ3n) is 6.48. The van der Waals surface area contributed by atoms with Gasteiger partial charge in [0, 0.05) is 26.1 Å². The van der Waals surface area contributed by atoms with Crippen molar-refractivity contribution in [3.63, 3.8) is 0 Å². The van der Waals surface area contributed by atoms with Crippen LogP contribution < -0.4 is 0 Å². The van der Waals surface area contributed by atoms with Crippen LogP contribution in [0.3, 0.4) is 0 Å². The van der Waals surface area contributed by atoms with Crippen LogP contribution in [0.1, 0.15) is 49.7 Å². The van der Waals surface area contributed by atoms with E-state index in [0.717, 1.165) is 13.0 Å². The number of ether oxygens (including phenoxy) is 5. The second-order valence-corrected chi connectivity index (χ2v) is 9.24. The summed E-state index contributed by atoms with van der Waals surface area (Å²) in [4.78, 5) is 14.1. The van der Waals surface area contributed by atoms with Crippen molar-refractivity contribution in [3.05, 3.63) is 59.7 Å². The SMILES string of the molecule is CCCCCCOCCOCCOCCOCCN(C)C(=O)OCC1c2ccccc2-c2ccccc21. The van der Waals surface area contributed by atoms with Crippen LogP contribution in [0, 0.1) is 0 Å². The summed E-state index contributed by atoms with van der Waals surface area (Å²) in [6, 6.07) is 16.6. The minimum Gasteiger partial charge on any atom is -0.448 e. The second kappa shape index (κ2) is 17.1. The fourth-order valence-corrected chi connectivity index (χ4v) is 4.39. The lowest BCUT2D eigenvalue weighted by Gasteiger charge is -2.19. The molecule has 7 nitrogen and oxygen atoms in total. The van der Waals surface area contributed by atoms with Gasteiger partial charge in [0.15, 0.2) is 0 Å². The molecule has 1 aliphatic rings. The summed E-state index contributed by atoms with van der Waals surface area (Å²) in [7, 11) is 1.73. The first kappa shape index (κ1) is 29.1. The van der Waals surface area contributed by atoms with E-state index >= 15 is 0 Å². The van der Waals surface area contributed by atoms with Crippen molar-refractivity contribution < 1.29 is 28.5 Å². The van der Waals surface area contributed by atoms with Gasteiger partial charge in [-0.3, -0.25) is 0 Å². The predicted octanol–water partition coefficient (Wildman–Crippen LogP) is 5.51.